The third-order valence-electron chi connectivity index (χ3n) is 6.01. The average molecular weight is 445 g/mol. The summed E-state index contributed by atoms with van der Waals surface area (Å²) in [6, 6.07) is 5.68. The molecule has 170 valence electrons. The van der Waals surface area contributed by atoms with E-state index in [9.17, 15) is 13.2 Å². The van der Waals surface area contributed by atoms with Gasteiger partial charge in [0.2, 0.25) is 0 Å². The molecule has 9 heteroatoms. The van der Waals surface area contributed by atoms with E-state index in [4.69, 9.17) is 9.73 Å². The Bertz CT molecular complexity index is 1210. The number of hydrogen-bond donors (Lipinski definition) is 0. The lowest BCUT2D eigenvalue weighted by atomic mass is 9.97. The number of alkyl halides is 3. The quantitative estimate of drug-likeness (QED) is 0.609. The molecule has 1 fully saturated rings. The standard InChI is InChI=1S/C23H26F3N5O/c1-14-17(6-5-7-19(14)23(24,25)26)15(2)28-22-18-12-21(31-8-10-32-11-9-31)27-13-20(18)30(4)16(3)29-22/h5-7,12-13,15H,8-11H2,1-4H3/b28-22-/t15-/m1/s1. The highest BCUT2D eigenvalue weighted by Gasteiger charge is 2.33. The van der Waals surface area contributed by atoms with Gasteiger partial charge in [0.25, 0.3) is 0 Å². The molecule has 6 nitrogen and oxygen atoms in total. The maximum absolute atomic E-state index is 13.4. The number of pyridine rings is 1. The van der Waals surface area contributed by atoms with Crippen LogP contribution in [0.4, 0.5) is 19.0 Å². The SMILES string of the molecule is Cc1c([C@@H](C)/N=c2\nc(C)n(C)c3cnc(N4CCOCC4)cc23)cccc1C(F)(F)F. The molecule has 0 unspecified atom stereocenters. The number of aromatic nitrogens is 3. The summed E-state index contributed by atoms with van der Waals surface area (Å²) < 4.78 is 47.5. The fourth-order valence-corrected chi connectivity index (χ4v) is 4.08. The molecule has 3 heterocycles. The van der Waals surface area contributed by atoms with Crippen LogP contribution in [0.25, 0.3) is 10.9 Å². The minimum absolute atomic E-state index is 0.189. The second-order valence-electron chi connectivity index (χ2n) is 8.02. The van der Waals surface area contributed by atoms with Crippen LogP contribution in [-0.2, 0) is 18.0 Å². The molecule has 1 aliphatic heterocycles. The maximum Gasteiger partial charge on any atom is 0.416 e. The van der Waals surface area contributed by atoms with Crippen LogP contribution in [0.2, 0.25) is 0 Å². The van der Waals surface area contributed by atoms with Gasteiger partial charge in [0, 0.05) is 25.5 Å². The van der Waals surface area contributed by atoms with Crippen LogP contribution in [0, 0.1) is 13.8 Å². The van der Waals surface area contributed by atoms with Crippen molar-refractivity contribution in [3.8, 4) is 0 Å². The van der Waals surface area contributed by atoms with Crippen molar-refractivity contribution >= 4 is 16.7 Å². The number of nitrogens with zero attached hydrogens (tertiary/aromatic N) is 5. The Hall–Kier alpha value is -2.94. The van der Waals surface area contributed by atoms with E-state index in [0.29, 0.717) is 24.3 Å². The number of fused-ring (bicyclic) bond motifs is 1. The normalized spacial score (nSPS) is 16.6. The molecule has 1 aromatic carbocycles. The molecule has 1 aliphatic rings. The van der Waals surface area contributed by atoms with Crippen LogP contribution in [0.15, 0.2) is 35.5 Å². The zero-order valence-electron chi connectivity index (χ0n) is 18.6. The number of anilines is 1. The number of morpholine rings is 1. The summed E-state index contributed by atoms with van der Waals surface area (Å²) in [6.45, 7) is 7.93. The first-order valence-corrected chi connectivity index (χ1v) is 10.5. The fraction of sp³-hybridized carbons (Fsp3) is 0.435. The van der Waals surface area contributed by atoms with Gasteiger partial charge in [-0.2, -0.15) is 13.2 Å². The number of benzene rings is 1. The van der Waals surface area contributed by atoms with Crippen LogP contribution < -0.4 is 10.4 Å². The van der Waals surface area contributed by atoms with E-state index in [1.807, 2.05) is 24.6 Å². The Morgan fingerprint density at radius 3 is 2.56 bits per heavy atom. The highest BCUT2D eigenvalue weighted by Crippen LogP contribution is 2.35. The molecule has 0 amide bonds. The van der Waals surface area contributed by atoms with E-state index in [-0.39, 0.29) is 5.56 Å². The summed E-state index contributed by atoms with van der Waals surface area (Å²) in [4.78, 5) is 16.2. The van der Waals surface area contributed by atoms with Crippen LogP contribution in [0.1, 0.15) is 35.5 Å². The van der Waals surface area contributed by atoms with Crippen molar-refractivity contribution in [1.29, 1.82) is 0 Å². The highest BCUT2D eigenvalue weighted by atomic mass is 19.4. The van der Waals surface area contributed by atoms with Crippen molar-refractivity contribution in [3.63, 3.8) is 0 Å². The van der Waals surface area contributed by atoms with Crippen molar-refractivity contribution in [2.24, 2.45) is 12.0 Å². The van der Waals surface area contributed by atoms with Gasteiger partial charge in [-0.05, 0) is 44.0 Å². The molecule has 0 radical (unpaired) electrons. The van der Waals surface area contributed by atoms with Gasteiger partial charge >= 0.3 is 6.18 Å². The molecule has 0 saturated carbocycles. The molecule has 0 bridgehead atoms. The van der Waals surface area contributed by atoms with Crippen molar-refractivity contribution in [2.75, 3.05) is 31.2 Å². The minimum Gasteiger partial charge on any atom is -0.378 e. The Morgan fingerprint density at radius 1 is 1.16 bits per heavy atom. The van der Waals surface area contributed by atoms with Gasteiger partial charge in [-0.3, -0.25) is 4.99 Å². The molecule has 0 N–H and O–H groups in total. The van der Waals surface area contributed by atoms with E-state index in [0.717, 1.165) is 41.7 Å². The first-order chi connectivity index (χ1) is 15.2. The van der Waals surface area contributed by atoms with Crippen molar-refractivity contribution in [2.45, 2.75) is 33.0 Å². The third-order valence-corrected chi connectivity index (χ3v) is 6.01. The third kappa shape index (κ3) is 4.21. The Kier molecular flexibility index (Phi) is 5.94. The van der Waals surface area contributed by atoms with Crippen LogP contribution in [-0.4, -0.2) is 40.8 Å². The fourth-order valence-electron chi connectivity index (χ4n) is 4.08. The van der Waals surface area contributed by atoms with Gasteiger partial charge in [0.1, 0.15) is 11.6 Å². The van der Waals surface area contributed by atoms with E-state index >= 15 is 0 Å². The summed E-state index contributed by atoms with van der Waals surface area (Å²) in [5.41, 5.74) is 1.44. The summed E-state index contributed by atoms with van der Waals surface area (Å²) in [7, 11) is 1.91. The predicted octanol–water partition coefficient (Wildman–Crippen LogP) is 4.10. The summed E-state index contributed by atoms with van der Waals surface area (Å²) in [5, 5.41) is 0.811. The van der Waals surface area contributed by atoms with E-state index < -0.39 is 17.8 Å². The number of aryl methyl sites for hydroxylation is 2. The highest BCUT2D eigenvalue weighted by molar-refractivity contribution is 5.80. The molecule has 1 atom stereocenters. The van der Waals surface area contributed by atoms with Gasteiger partial charge in [-0.25, -0.2) is 9.97 Å². The lowest BCUT2D eigenvalue weighted by molar-refractivity contribution is -0.138. The van der Waals surface area contributed by atoms with E-state index in [1.165, 1.54) is 13.0 Å². The Labute approximate surface area is 184 Å². The van der Waals surface area contributed by atoms with Gasteiger partial charge in [0.05, 0.1) is 36.5 Å². The molecular weight excluding hydrogens is 419 g/mol. The number of halogens is 3. The second kappa shape index (κ2) is 8.54. The summed E-state index contributed by atoms with van der Waals surface area (Å²) in [5.74, 6) is 1.55. The molecule has 32 heavy (non-hydrogen) atoms. The number of ether oxygens (including phenoxy) is 1. The molecular formula is C23H26F3N5O. The van der Waals surface area contributed by atoms with Crippen molar-refractivity contribution in [1.82, 2.24) is 14.5 Å². The number of hydrogen-bond acceptors (Lipinski definition) is 5. The first-order valence-electron chi connectivity index (χ1n) is 10.5. The van der Waals surface area contributed by atoms with Crippen molar-refractivity contribution < 1.29 is 17.9 Å². The van der Waals surface area contributed by atoms with Crippen molar-refractivity contribution in [3.05, 3.63) is 58.5 Å². The smallest absolute Gasteiger partial charge is 0.378 e. The zero-order chi connectivity index (χ0) is 23.0. The first kappa shape index (κ1) is 22.3. The van der Waals surface area contributed by atoms with E-state index in [2.05, 4.69) is 14.9 Å². The van der Waals surface area contributed by atoms with Gasteiger partial charge in [0.15, 0.2) is 5.49 Å². The van der Waals surface area contributed by atoms with Gasteiger partial charge < -0.3 is 14.2 Å². The zero-order valence-corrected chi connectivity index (χ0v) is 18.6. The van der Waals surface area contributed by atoms with Crippen LogP contribution in [0.5, 0.6) is 0 Å². The van der Waals surface area contributed by atoms with Crippen LogP contribution >= 0.6 is 0 Å². The maximum atomic E-state index is 13.4. The Morgan fingerprint density at radius 2 is 1.88 bits per heavy atom. The molecule has 0 aliphatic carbocycles. The van der Waals surface area contributed by atoms with E-state index in [1.54, 1.807) is 19.2 Å². The summed E-state index contributed by atoms with van der Waals surface area (Å²) in [6.07, 6.45) is -2.60. The van der Waals surface area contributed by atoms with Gasteiger partial charge in [-0.15, -0.1) is 0 Å². The molecule has 2 aromatic heterocycles. The second-order valence-corrected chi connectivity index (χ2v) is 8.02. The summed E-state index contributed by atoms with van der Waals surface area (Å²) >= 11 is 0. The number of rotatable bonds is 3. The minimum atomic E-state index is -4.40. The van der Waals surface area contributed by atoms with Crippen LogP contribution in [0.3, 0.4) is 0 Å². The monoisotopic (exact) mass is 445 g/mol. The van der Waals surface area contributed by atoms with Gasteiger partial charge in [-0.1, -0.05) is 12.1 Å². The largest absolute Gasteiger partial charge is 0.416 e. The molecule has 4 rings (SSSR count). The lowest BCUT2D eigenvalue weighted by Crippen LogP contribution is -2.36. The molecule has 0 spiro atoms. The lowest BCUT2D eigenvalue weighted by Gasteiger charge is -2.28. The molecule has 3 aromatic rings. The predicted molar refractivity (Wildman–Crippen MR) is 116 cm³/mol. The molecule has 1 saturated heterocycles. The topological polar surface area (TPSA) is 55.5 Å². The Balaban J connectivity index is 1.85. The average Bonchev–Trinajstić information content (AvgIpc) is 2.77.